The zero-order valence-electron chi connectivity index (χ0n) is 13.4. The molecule has 0 aromatic heterocycles. The van der Waals surface area contributed by atoms with Crippen molar-refractivity contribution in [3.63, 3.8) is 0 Å². The Balaban J connectivity index is 1.67. The first-order valence-electron chi connectivity index (χ1n) is 8.34. The van der Waals surface area contributed by atoms with Gasteiger partial charge in [0.25, 0.3) is 0 Å². The summed E-state index contributed by atoms with van der Waals surface area (Å²) in [5.74, 6) is -0.286. The molecule has 120 valence electrons. The lowest BCUT2D eigenvalue weighted by Crippen LogP contribution is -2.38. The van der Waals surface area contributed by atoms with Crippen molar-refractivity contribution in [3.8, 4) is 0 Å². The smallest absolute Gasteiger partial charge is 0.235 e. The zero-order chi connectivity index (χ0) is 15.4. The van der Waals surface area contributed by atoms with E-state index in [2.05, 4.69) is 16.3 Å². The highest BCUT2D eigenvalue weighted by Gasteiger charge is 2.60. The Morgan fingerprint density at radius 1 is 1.36 bits per heavy atom. The average Bonchev–Trinajstić information content (AvgIpc) is 3.14. The van der Waals surface area contributed by atoms with Crippen LogP contribution in [0.1, 0.15) is 39.0 Å². The van der Waals surface area contributed by atoms with Gasteiger partial charge in [-0.1, -0.05) is 6.08 Å². The summed E-state index contributed by atoms with van der Waals surface area (Å²) in [5.41, 5.74) is 3.46. The Morgan fingerprint density at radius 2 is 2.18 bits per heavy atom. The molecule has 1 unspecified atom stereocenters. The number of hydrogen-bond donors (Lipinski definition) is 1. The number of nitrogens with zero attached hydrogens (tertiary/aromatic N) is 1. The molecule has 4 rings (SSSR count). The van der Waals surface area contributed by atoms with Gasteiger partial charge in [0.2, 0.25) is 5.91 Å². The van der Waals surface area contributed by atoms with Gasteiger partial charge in [-0.25, -0.2) is 0 Å². The summed E-state index contributed by atoms with van der Waals surface area (Å²) in [6.45, 7) is 4.35. The van der Waals surface area contributed by atoms with Gasteiger partial charge >= 0.3 is 0 Å². The van der Waals surface area contributed by atoms with Crippen LogP contribution in [0.5, 0.6) is 0 Å². The Kier molecular flexibility index (Phi) is 3.13. The van der Waals surface area contributed by atoms with Gasteiger partial charge in [-0.05, 0) is 32.6 Å². The highest BCUT2D eigenvalue weighted by atomic mass is 16.7. The van der Waals surface area contributed by atoms with Gasteiger partial charge in [0.05, 0.1) is 12.0 Å². The lowest BCUT2D eigenvalue weighted by Gasteiger charge is -2.31. The van der Waals surface area contributed by atoms with E-state index < -0.39 is 5.79 Å². The molecule has 1 amide bonds. The quantitative estimate of drug-likeness (QED) is 0.806. The maximum atomic E-state index is 12.3. The summed E-state index contributed by atoms with van der Waals surface area (Å²) in [6, 6.07) is 0. The minimum atomic E-state index is -0.490. The van der Waals surface area contributed by atoms with E-state index in [1.165, 1.54) is 11.3 Å². The van der Waals surface area contributed by atoms with Crippen LogP contribution in [0, 0.1) is 5.41 Å². The Morgan fingerprint density at radius 3 is 2.86 bits per heavy atom. The second-order valence-corrected chi connectivity index (χ2v) is 6.73. The summed E-state index contributed by atoms with van der Waals surface area (Å²) in [6.07, 6.45) is 7.05. The van der Waals surface area contributed by atoms with Crippen molar-refractivity contribution in [2.24, 2.45) is 5.41 Å². The van der Waals surface area contributed by atoms with Crippen molar-refractivity contribution >= 4 is 5.91 Å². The van der Waals surface area contributed by atoms with Gasteiger partial charge in [-0.15, -0.1) is 0 Å². The minimum absolute atomic E-state index is 0.204. The molecular weight excluding hydrogens is 280 g/mol. The molecule has 2 saturated heterocycles. The Bertz CT molecular complexity index is 576. The molecule has 0 radical (unpaired) electrons. The predicted octanol–water partition coefficient (Wildman–Crippen LogP) is 1.91. The van der Waals surface area contributed by atoms with Crippen LogP contribution < -0.4 is 5.32 Å². The molecule has 1 spiro atoms. The molecule has 5 nitrogen and oxygen atoms in total. The summed E-state index contributed by atoms with van der Waals surface area (Å²) in [7, 11) is 1.73. The monoisotopic (exact) mass is 304 g/mol. The molecule has 3 fully saturated rings. The molecule has 2 aliphatic carbocycles. The van der Waals surface area contributed by atoms with Crippen molar-refractivity contribution in [1.29, 1.82) is 0 Å². The standard InChI is InChI=1S/C17H24N2O3/c1-3-22-17(21-2)9-10-19(11-17)13-6-4-5-12-14(13)16(7-8-16)15(20)18-12/h5H,3-4,6-11H2,1-2H3,(H,18,20). The zero-order valence-corrected chi connectivity index (χ0v) is 13.4. The van der Waals surface area contributed by atoms with Crippen LogP contribution in [0.4, 0.5) is 0 Å². The number of methoxy groups -OCH3 is 1. The number of carbonyl (C=O) groups excluding carboxylic acids is 1. The van der Waals surface area contributed by atoms with Crippen molar-refractivity contribution in [3.05, 3.63) is 23.0 Å². The molecule has 2 heterocycles. The number of likely N-dealkylation sites (tertiary alicyclic amines) is 1. The number of hydrogen-bond acceptors (Lipinski definition) is 4. The first kappa shape index (κ1) is 14.3. The molecule has 0 bridgehead atoms. The molecule has 4 aliphatic rings. The fourth-order valence-electron chi connectivity index (χ4n) is 4.25. The maximum Gasteiger partial charge on any atom is 0.235 e. The number of allylic oxidation sites excluding steroid dienone is 3. The van der Waals surface area contributed by atoms with E-state index in [0.717, 1.165) is 50.9 Å². The molecule has 22 heavy (non-hydrogen) atoms. The van der Waals surface area contributed by atoms with Gasteiger partial charge in [0.1, 0.15) is 0 Å². The van der Waals surface area contributed by atoms with Crippen LogP contribution in [-0.2, 0) is 14.3 Å². The summed E-state index contributed by atoms with van der Waals surface area (Å²) >= 11 is 0. The molecule has 1 atom stereocenters. The summed E-state index contributed by atoms with van der Waals surface area (Å²) in [5, 5.41) is 3.10. The normalized spacial score (nSPS) is 32.4. The van der Waals surface area contributed by atoms with Crippen molar-refractivity contribution in [2.75, 3.05) is 26.8 Å². The van der Waals surface area contributed by atoms with Gasteiger partial charge in [-0.2, -0.15) is 0 Å². The predicted molar refractivity (Wildman–Crippen MR) is 81.7 cm³/mol. The number of amides is 1. The number of ether oxygens (including phenoxy) is 2. The summed E-state index contributed by atoms with van der Waals surface area (Å²) in [4.78, 5) is 14.7. The second-order valence-electron chi connectivity index (χ2n) is 6.73. The molecule has 0 aromatic rings. The first-order chi connectivity index (χ1) is 10.6. The second kappa shape index (κ2) is 4.83. The Hall–Kier alpha value is -1.33. The van der Waals surface area contributed by atoms with E-state index in [9.17, 15) is 4.79 Å². The van der Waals surface area contributed by atoms with Crippen molar-refractivity contribution < 1.29 is 14.3 Å². The minimum Gasteiger partial charge on any atom is -0.369 e. The van der Waals surface area contributed by atoms with E-state index in [0.29, 0.717) is 6.61 Å². The third kappa shape index (κ3) is 1.88. The van der Waals surface area contributed by atoms with Gasteiger partial charge in [0, 0.05) is 43.6 Å². The van der Waals surface area contributed by atoms with Gasteiger partial charge in [0.15, 0.2) is 5.79 Å². The third-order valence-electron chi connectivity index (χ3n) is 5.55. The molecule has 1 N–H and O–H groups in total. The molecule has 1 saturated carbocycles. The number of fused-ring (bicyclic) bond motifs is 2. The SMILES string of the molecule is CCOC1(OC)CCN(C2=C3C(=CCC2)NC(=O)C32CC2)C1. The maximum absolute atomic E-state index is 12.3. The highest BCUT2D eigenvalue weighted by Crippen LogP contribution is 2.60. The summed E-state index contributed by atoms with van der Waals surface area (Å²) < 4.78 is 11.6. The fraction of sp³-hybridized carbons (Fsp3) is 0.706. The lowest BCUT2D eigenvalue weighted by molar-refractivity contribution is -0.209. The number of carbonyl (C=O) groups is 1. The molecule has 5 heteroatoms. The fourth-order valence-corrected chi connectivity index (χ4v) is 4.25. The number of nitrogens with one attached hydrogen (secondary N) is 1. The topological polar surface area (TPSA) is 50.8 Å². The van der Waals surface area contributed by atoms with Gasteiger partial charge in [-0.3, -0.25) is 4.79 Å². The average molecular weight is 304 g/mol. The van der Waals surface area contributed by atoms with Gasteiger partial charge < -0.3 is 19.7 Å². The lowest BCUT2D eigenvalue weighted by atomic mass is 9.89. The van der Waals surface area contributed by atoms with E-state index in [1.807, 2.05) is 6.92 Å². The molecular formula is C17H24N2O3. The molecule has 2 aliphatic heterocycles. The van der Waals surface area contributed by atoms with Crippen LogP contribution in [-0.4, -0.2) is 43.4 Å². The van der Waals surface area contributed by atoms with E-state index in [1.54, 1.807) is 7.11 Å². The van der Waals surface area contributed by atoms with Crippen LogP contribution in [0.3, 0.4) is 0 Å². The van der Waals surface area contributed by atoms with Crippen LogP contribution in [0.2, 0.25) is 0 Å². The largest absolute Gasteiger partial charge is 0.369 e. The third-order valence-corrected chi connectivity index (χ3v) is 5.55. The molecule has 0 aromatic carbocycles. The van der Waals surface area contributed by atoms with E-state index in [-0.39, 0.29) is 11.3 Å². The number of rotatable bonds is 4. The van der Waals surface area contributed by atoms with Crippen LogP contribution in [0.15, 0.2) is 23.0 Å². The highest BCUT2D eigenvalue weighted by molar-refractivity contribution is 5.96. The van der Waals surface area contributed by atoms with E-state index in [4.69, 9.17) is 9.47 Å². The Labute approximate surface area is 131 Å². The van der Waals surface area contributed by atoms with Crippen LogP contribution in [0.25, 0.3) is 0 Å². The first-order valence-corrected chi connectivity index (χ1v) is 8.34. The van der Waals surface area contributed by atoms with E-state index >= 15 is 0 Å². The van der Waals surface area contributed by atoms with Crippen molar-refractivity contribution in [1.82, 2.24) is 10.2 Å². The van der Waals surface area contributed by atoms with Crippen LogP contribution >= 0.6 is 0 Å². The van der Waals surface area contributed by atoms with Crippen molar-refractivity contribution in [2.45, 2.75) is 44.8 Å².